The van der Waals surface area contributed by atoms with E-state index in [0.29, 0.717) is 103 Å². The van der Waals surface area contributed by atoms with Gasteiger partial charge in [-0.25, -0.2) is 59.0 Å². The number of hydrogen-bond acceptors (Lipinski definition) is 17. The van der Waals surface area contributed by atoms with E-state index in [1.54, 1.807) is 18.3 Å². The average Bonchev–Trinajstić information content (AvgIpc) is 1.68. The number of rotatable bonds is 10. The fraction of sp³-hybridized carbons (Fsp3) is 0.483. The number of nitrogens with two attached hydrogens (primary N) is 1. The number of pyridine rings is 3. The molecule has 91 heavy (non-hydrogen) atoms. The van der Waals surface area contributed by atoms with Crippen LogP contribution in [0.5, 0.6) is 0 Å². The highest BCUT2D eigenvalue weighted by Crippen LogP contribution is 2.35. The van der Waals surface area contributed by atoms with Crippen LogP contribution in [0, 0.1) is 52.9 Å². The van der Waals surface area contributed by atoms with Crippen molar-refractivity contribution in [3.8, 4) is 11.1 Å². The number of aromatic nitrogens is 7. The van der Waals surface area contributed by atoms with Gasteiger partial charge in [0, 0.05) is 94.8 Å². The number of piperidine rings is 3. The maximum atomic E-state index is 14.9. The molecule has 6 atom stereocenters. The van der Waals surface area contributed by atoms with Crippen molar-refractivity contribution in [1.29, 1.82) is 0 Å². The van der Waals surface area contributed by atoms with Crippen molar-refractivity contribution in [3.05, 3.63) is 125 Å². The summed E-state index contributed by atoms with van der Waals surface area (Å²) < 4.78 is 119. The first kappa shape index (κ1) is 79.6. The number of aliphatic hydroxyl groups is 3. The quantitative estimate of drug-likeness (QED) is 0.0421. The molecule has 2 aromatic carbocycles. The number of sulfonamides is 3. The minimum absolute atomic E-state index is 0. The molecule has 22 nitrogen and oxygen atoms in total. The zero-order valence-corrected chi connectivity index (χ0v) is 60.4. The van der Waals surface area contributed by atoms with Crippen LogP contribution in [0.3, 0.4) is 0 Å². The molecule has 0 bridgehead atoms. The molecule has 10 rings (SSSR count). The van der Waals surface area contributed by atoms with E-state index in [2.05, 4.69) is 76.6 Å². The molecule has 8 heterocycles. The first-order valence-electron chi connectivity index (χ1n) is 27.8. The third kappa shape index (κ3) is 21.6. The lowest BCUT2D eigenvalue weighted by molar-refractivity contribution is 0.0880. The van der Waals surface area contributed by atoms with Crippen molar-refractivity contribution in [3.63, 3.8) is 0 Å². The van der Waals surface area contributed by atoms with Crippen molar-refractivity contribution in [2.75, 3.05) is 68.7 Å². The lowest BCUT2D eigenvalue weighted by atomic mass is 10.0. The molecule has 5 aromatic heterocycles. The monoisotopic (exact) mass is 1610 g/mol. The summed E-state index contributed by atoms with van der Waals surface area (Å²) in [6.45, 7) is 15.2. The van der Waals surface area contributed by atoms with Crippen LogP contribution >= 0.6 is 80.0 Å². The summed E-state index contributed by atoms with van der Waals surface area (Å²) in [6.07, 6.45) is 6.79. The average molecular weight is 1620 g/mol. The predicted molar refractivity (Wildman–Crippen MR) is 374 cm³/mol. The molecule has 0 amide bonds. The number of imidazole rings is 2. The molecule has 3 aliphatic heterocycles. The molecule has 3 aliphatic rings. The molecule has 3 saturated heterocycles. The topological polar surface area (TPSA) is 297 Å². The predicted octanol–water partition coefficient (Wildman–Crippen LogP) is 10.0. The molecule has 33 heteroatoms. The molecule has 7 aromatic rings. The van der Waals surface area contributed by atoms with Crippen molar-refractivity contribution in [2.45, 2.75) is 124 Å². The van der Waals surface area contributed by atoms with Gasteiger partial charge in [0.1, 0.15) is 34.3 Å². The highest BCUT2D eigenvalue weighted by Gasteiger charge is 2.34. The van der Waals surface area contributed by atoms with Crippen LogP contribution < -0.4 is 16.4 Å². The molecular weight excluding hydrogens is 1540 g/mol. The van der Waals surface area contributed by atoms with Crippen LogP contribution in [0.4, 0.5) is 24.8 Å². The number of hydrogen-bond donors (Lipinski definition) is 6. The van der Waals surface area contributed by atoms with Crippen LogP contribution in [0.25, 0.3) is 33.2 Å². The van der Waals surface area contributed by atoms with Crippen LogP contribution in [-0.4, -0.2) is 182 Å². The van der Waals surface area contributed by atoms with Gasteiger partial charge in [0.05, 0.1) is 75.3 Å². The smallest absolute Gasteiger partial charge is 0.213 e. The highest BCUT2D eigenvalue weighted by atomic mass is 127. The Morgan fingerprint density at radius 1 is 0.582 bits per heavy atom. The van der Waals surface area contributed by atoms with Crippen molar-refractivity contribution < 1.29 is 53.7 Å². The fourth-order valence-electron chi connectivity index (χ4n) is 10.1. The SMILES string of the molecule is C.CS(=O)(=O)N1CC[C@H](N)[C@@H](O)C1.CS(=O)(=O)N1CC[C@H](Nc2cc(I)c(Cl)cn2)[C@@H](O)C1.Cc1cc(F)c2nc(C)n(C(C)C)c2c1.Cc1nc2c(F)cc(-c3cc(N[C@@H]4CCN(S(C)(=O)=O)C[C@H]4O)ncc3Cl)cc2n1C(C)C.Fc1cc(I)c(Cl)cn1.[CH3-]. The summed E-state index contributed by atoms with van der Waals surface area (Å²) in [4.78, 5) is 20.4. The lowest BCUT2D eigenvalue weighted by Gasteiger charge is -2.35. The number of nitrogens with zero attached hydrogens (tertiary/aromatic N) is 10. The first-order chi connectivity index (χ1) is 41.3. The van der Waals surface area contributed by atoms with Gasteiger partial charge in [-0.3, -0.25) is 0 Å². The molecular formula is C58H80Cl3F3I2N13O9S3-. The van der Waals surface area contributed by atoms with Gasteiger partial charge in [-0.2, -0.15) is 17.3 Å². The Labute approximate surface area is 574 Å². The van der Waals surface area contributed by atoms with Gasteiger partial charge in [-0.05, 0) is 160 Å². The summed E-state index contributed by atoms with van der Waals surface area (Å²) in [5.74, 6) is 1.52. The minimum Gasteiger partial charge on any atom is -0.390 e. The number of anilines is 2. The molecule has 0 aliphatic carbocycles. The molecule has 0 spiro atoms. The van der Waals surface area contributed by atoms with Crippen molar-refractivity contribution in [1.82, 2.24) is 47.0 Å². The molecule has 0 radical (unpaired) electrons. The Morgan fingerprint density at radius 2 is 0.978 bits per heavy atom. The van der Waals surface area contributed by atoms with E-state index < -0.39 is 60.1 Å². The van der Waals surface area contributed by atoms with Crippen molar-refractivity contribution in [2.24, 2.45) is 5.73 Å². The second-order valence-corrected chi connectivity index (χ2v) is 31.7. The Morgan fingerprint density at radius 3 is 1.38 bits per heavy atom. The summed E-state index contributed by atoms with van der Waals surface area (Å²) in [5, 5.41) is 37.5. The Kier molecular flexibility index (Phi) is 29.4. The molecule has 506 valence electrons. The van der Waals surface area contributed by atoms with Gasteiger partial charge < -0.3 is 48.2 Å². The zero-order valence-electron chi connectivity index (χ0n) is 51.3. The number of benzene rings is 2. The normalized spacial score (nSPS) is 20.0. The van der Waals surface area contributed by atoms with E-state index in [0.717, 1.165) is 45.1 Å². The molecule has 0 unspecified atom stereocenters. The summed E-state index contributed by atoms with van der Waals surface area (Å²) in [5.41, 5.74) is 9.99. The number of aliphatic hydroxyl groups excluding tert-OH is 3. The Balaban J connectivity index is 0.000000261. The number of nitrogens with one attached hydrogen (secondary N) is 2. The molecule has 3 fully saturated rings. The van der Waals surface area contributed by atoms with Crippen LogP contribution in [0.1, 0.15) is 83.7 Å². The highest BCUT2D eigenvalue weighted by molar-refractivity contribution is 14.1. The van der Waals surface area contributed by atoms with E-state index in [1.807, 2.05) is 73.9 Å². The van der Waals surface area contributed by atoms with Crippen LogP contribution in [0.2, 0.25) is 15.1 Å². The maximum absolute atomic E-state index is 14.9. The van der Waals surface area contributed by atoms with E-state index in [1.165, 1.54) is 43.5 Å². The fourth-order valence-corrected chi connectivity index (χ4v) is 13.9. The number of β-amino-alcohol motifs (C(OH)–C–C–N with tert-alkyl or cyclic N) is 3. The summed E-state index contributed by atoms with van der Waals surface area (Å²) in [7, 11) is -9.78. The van der Waals surface area contributed by atoms with Gasteiger partial charge >= 0.3 is 0 Å². The minimum atomic E-state index is -3.36. The second kappa shape index (κ2) is 33.7. The maximum Gasteiger partial charge on any atom is 0.213 e. The third-order valence-corrected chi connectivity index (χ3v) is 21.7. The van der Waals surface area contributed by atoms with Gasteiger partial charge in [-0.1, -0.05) is 42.2 Å². The van der Waals surface area contributed by atoms with Gasteiger partial charge in [0.15, 0.2) is 11.6 Å². The van der Waals surface area contributed by atoms with Gasteiger partial charge in [0.25, 0.3) is 0 Å². The van der Waals surface area contributed by atoms with E-state index in [4.69, 9.17) is 40.5 Å². The summed E-state index contributed by atoms with van der Waals surface area (Å²) in [6, 6.07) is 11.1. The number of fused-ring (bicyclic) bond motifs is 2. The number of halogens is 8. The first-order valence-corrected chi connectivity index (χ1v) is 36.6. The van der Waals surface area contributed by atoms with Gasteiger partial charge in [0.2, 0.25) is 36.0 Å². The third-order valence-electron chi connectivity index (χ3n) is 14.5. The van der Waals surface area contributed by atoms with Gasteiger partial charge in [-0.15, -0.1) is 0 Å². The van der Waals surface area contributed by atoms with E-state index >= 15 is 0 Å². The molecule has 7 N–H and O–H groups in total. The lowest BCUT2D eigenvalue weighted by Crippen LogP contribution is -2.51. The Bertz CT molecular complexity index is 4000. The number of aryl methyl sites for hydroxylation is 3. The largest absolute Gasteiger partial charge is 0.390 e. The second-order valence-electron chi connectivity index (χ2n) is 22.2. The summed E-state index contributed by atoms with van der Waals surface area (Å²) >= 11 is 21.9. The standard InChI is InChI=1S/C22H27ClFN5O3S.C12H15FN2.C11H15ClIN3O3S.C6H14N2O3S.C5H2ClFIN.CH4.CH3/c1-12(2)29-13(3)26-22-17(24)7-14(8-19(22)29)15-9-21(25-10-16(15)23)27-18-5-6-28(11-20(18)30)33(4,31)32;1-7(2)15-9(4)14-12-10(13)5-8(3)6-11(12)15;1-20(18,19)16-3-2-9(10(17)6-16)15-11-4-8(13)7(12)5-14-11;1-12(10,11)8-3-2-5(7)6(9)4-8;6-3-2-9-5(7)1-4(3)8;;/h7-10,12,18,20,30H,5-6,11H2,1-4H3,(H,25,27);5-7H,1-4H3;4-5,9-10,17H,2-3,6H2,1H3,(H,14,15);5-6,9H,2-4,7H2,1H3;1-2H;1H4;1H3/q;;;;;;-1/t18-,20-;;9-,10-;5-,6-;;;/m1.00.../s1. The van der Waals surface area contributed by atoms with Crippen LogP contribution in [-0.2, 0) is 30.1 Å². The van der Waals surface area contributed by atoms with Crippen LogP contribution in [0.15, 0.2) is 61.1 Å². The van der Waals surface area contributed by atoms with E-state index in [9.17, 15) is 53.7 Å². The van der Waals surface area contributed by atoms with Crippen molar-refractivity contribution >= 4 is 144 Å². The Hall–Kier alpha value is -3.88. The molecule has 0 saturated carbocycles. The zero-order chi connectivity index (χ0) is 66.4. The van der Waals surface area contributed by atoms with E-state index in [-0.39, 0.29) is 64.5 Å².